The summed E-state index contributed by atoms with van der Waals surface area (Å²) in [5.41, 5.74) is 0.606. The number of carbonyl (C=O) groups excluding carboxylic acids is 4. The van der Waals surface area contributed by atoms with E-state index in [1.165, 1.54) is 35.3 Å². The van der Waals surface area contributed by atoms with E-state index >= 15 is 4.79 Å². The van der Waals surface area contributed by atoms with Crippen LogP contribution in [0, 0.1) is 36.0 Å². The van der Waals surface area contributed by atoms with Gasteiger partial charge in [0, 0.05) is 40.4 Å². The number of aromatic carboxylic acids is 1. The van der Waals surface area contributed by atoms with Crippen LogP contribution in [-0.2, 0) is 26.2 Å². The van der Waals surface area contributed by atoms with Crippen molar-refractivity contribution in [1.82, 2.24) is 9.78 Å². The summed E-state index contributed by atoms with van der Waals surface area (Å²) in [5, 5.41) is 37.8. The molecule has 2 aromatic heterocycles. The number of anilines is 2. The first-order valence-corrected chi connectivity index (χ1v) is 19.5. The van der Waals surface area contributed by atoms with Crippen LogP contribution < -0.4 is 14.5 Å². The van der Waals surface area contributed by atoms with E-state index in [1.54, 1.807) is 32.2 Å². The Morgan fingerprint density at radius 1 is 0.965 bits per heavy atom. The Morgan fingerprint density at radius 2 is 1.74 bits per heavy atom. The van der Waals surface area contributed by atoms with Gasteiger partial charge in [-0.15, -0.1) is 11.3 Å². The number of thiophene rings is 1. The largest absolute Gasteiger partial charge is 0.508 e. The number of fused-ring (bicyclic) bond motifs is 5. The summed E-state index contributed by atoms with van der Waals surface area (Å²) in [5.74, 6) is -8.12. The topological polar surface area (TPSA) is 180 Å². The van der Waals surface area contributed by atoms with Crippen LogP contribution >= 0.6 is 22.9 Å². The minimum absolute atomic E-state index is 0.0188. The molecule has 0 spiro atoms. The summed E-state index contributed by atoms with van der Waals surface area (Å²) < 4.78 is 8.27. The van der Waals surface area contributed by atoms with E-state index in [-0.39, 0.29) is 47.0 Å². The Balaban J connectivity index is 1.16. The van der Waals surface area contributed by atoms with Crippen molar-refractivity contribution >= 4 is 74.1 Å². The monoisotopic (exact) mass is 806 g/mol. The number of benzene rings is 3. The number of phenols is 2. The number of rotatable bonds is 6. The number of nitrogens with zero attached hydrogens (tertiary/aromatic N) is 4. The van der Waals surface area contributed by atoms with Gasteiger partial charge in [0.15, 0.2) is 0 Å². The van der Waals surface area contributed by atoms with Crippen molar-refractivity contribution in [3.05, 3.63) is 94.0 Å². The molecule has 3 aromatic carbocycles. The molecular weight excluding hydrogens is 772 g/mol. The van der Waals surface area contributed by atoms with E-state index in [0.29, 0.717) is 16.3 Å². The number of aryl methyl sites for hydroxylation is 2. The third-order valence-electron chi connectivity index (χ3n) is 12.5. The van der Waals surface area contributed by atoms with Crippen molar-refractivity contribution in [2.24, 2.45) is 36.1 Å². The number of halogens is 1. The molecule has 4 aliphatic rings. The molecule has 57 heavy (non-hydrogen) atoms. The van der Waals surface area contributed by atoms with Crippen molar-refractivity contribution in [1.29, 1.82) is 0 Å². The van der Waals surface area contributed by atoms with Crippen LogP contribution in [0.1, 0.15) is 47.2 Å². The highest BCUT2D eigenvalue weighted by atomic mass is 35.5. The van der Waals surface area contributed by atoms with Crippen LogP contribution in [0.15, 0.2) is 72.3 Å². The molecule has 2 aliphatic heterocycles. The first-order chi connectivity index (χ1) is 27.2. The number of carbonyl (C=O) groups is 5. The normalized spacial score (nSPS) is 25.5. The number of carboxylic acids is 1. The third-order valence-corrected chi connectivity index (χ3v) is 14.0. The first kappa shape index (κ1) is 36.6. The molecular formula is C42H35ClN4O9S. The van der Waals surface area contributed by atoms with Crippen LogP contribution in [0.3, 0.4) is 0 Å². The fraction of sp³-hybridized carbons (Fsp3) is 0.286. The van der Waals surface area contributed by atoms with Gasteiger partial charge in [-0.2, -0.15) is 5.10 Å². The highest BCUT2D eigenvalue weighted by Crippen LogP contribution is 2.65. The zero-order chi connectivity index (χ0) is 40.4. The summed E-state index contributed by atoms with van der Waals surface area (Å²) in [7, 11) is 3.11. The van der Waals surface area contributed by atoms with E-state index in [9.17, 15) is 34.5 Å². The van der Waals surface area contributed by atoms with Crippen LogP contribution in [0.4, 0.5) is 11.5 Å². The highest BCUT2D eigenvalue weighted by molar-refractivity contribution is 7.22. The van der Waals surface area contributed by atoms with E-state index in [1.807, 2.05) is 31.2 Å². The molecule has 13 nitrogen and oxygen atoms in total. The van der Waals surface area contributed by atoms with Gasteiger partial charge in [0.25, 0.3) is 0 Å². The number of imide groups is 2. The average molecular weight is 807 g/mol. The van der Waals surface area contributed by atoms with Crippen molar-refractivity contribution in [2.75, 3.05) is 16.9 Å². The predicted molar refractivity (Wildman–Crippen MR) is 211 cm³/mol. The molecule has 1 saturated carbocycles. The zero-order valence-electron chi connectivity index (χ0n) is 31.0. The van der Waals surface area contributed by atoms with E-state index < -0.39 is 70.4 Å². The van der Waals surface area contributed by atoms with Gasteiger partial charge >= 0.3 is 5.97 Å². The van der Waals surface area contributed by atoms with Gasteiger partial charge in [0.2, 0.25) is 23.6 Å². The van der Waals surface area contributed by atoms with Crippen LogP contribution in [0.5, 0.6) is 17.2 Å². The Morgan fingerprint density at radius 3 is 2.46 bits per heavy atom. The summed E-state index contributed by atoms with van der Waals surface area (Å²) in [6.45, 7) is 3.69. The van der Waals surface area contributed by atoms with Crippen LogP contribution in [0.25, 0.3) is 20.7 Å². The second kappa shape index (κ2) is 12.8. The fourth-order valence-corrected chi connectivity index (χ4v) is 11.2. The number of hydrogen-bond acceptors (Lipinski definition) is 10. The number of phenolic OH excluding ortho intramolecular Hbond substituents is 1. The van der Waals surface area contributed by atoms with Crippen molar-refractivity contribution in [3.63, 3.8) is 0 Å². The molecule has 2 saturated heterocycles. The summed E-state index contributed by atoms with van der Waals surface area (Å²) in [4.78, 5) is 73.2. The number of ether oxygens (including phenoxy) is 1. The average Bonchev–Trinajstić information content (AvgIpc) is 3.84. The zero-order valence-corrected chi connectivity index (χ0v) is 32.6. The molecule has 15 heteroatoms. The maximum atomic E-state index is 15.2. The number of carboxylic acid groups (broad SMARTS) is 1. The van der Waals surface area contributed by atoms with Crippen LogP contribution in [-0.4, -0.2) is 61.8 Å². The summed E-state index contributed by atoms with van der Waals surface area (Å²) in [6.07, 6.45) is 2.02. The highest BCUT2D eigenvalue weighted by Gasteiger charge is 2.68. The molecule has 6 unspecified atom stereocenters. The van der Waals surface area contributed by atoms with Crippen LogP contribution in [0.2, 0.25) is 5.02 Å². The Labute approximate surface area is 334 Å². The number of amides is 4. The second-order valence-corrected chi connectivity index (χ2v) is 16.8. The SMILES string of the molecule is COc1cccc(O)c1C1C2=CCC3C(=O)N(c4ccc(C(=O)O)c(O)c4)C(=O)C3C2CC2C(=O)N(c3cc(-c4sc5ccc(Cl)cc5c4C)nn3C)C(=O)C21C. The summed E-state index contributed by atoms with van der Waals surface area (Å²) in [6, 6.07) is 15.6. The maximum absolute atomic E-state index is 15.2. The van der Waals surface area contributed by atoms with Gasteiger partial charge in [-0.05, 0) is 86.0 Å². The summed E-state index contributed by atoms with van der Waals surface area (Å²) >= 11 is 7.83. The molecule has 5 aromatic rings. The Bertz CT molecular complexity index is 2680. The third kappa shape index (κ3) is 5.05. The van der Waals surface area contributed by atoms with Gasteiger partial charge in [-0.25, -0.2) is 14.6 Å². The molecule has 3 fully saturated rings. The van der Waals surface area contributed by atoms with E-state index in [0.717, 1.165) is 42.5 Å². The lowest BCUT2D eigenvalue weighted by Crippen LogP contribution is -2.49. The molecule has 290 valence electrons. The molecule has 6 atom stereocenters. The Hall–Kier alpha value is -5.99. The lowest BCUT2D eigenvalue weighted by Gasteiger charge is -2.49. The van der Waals surface area contributed by atoms with Gasteiger partial charge in [0.05, 0.1) is 40.8 Å². The number of aromatic hydroxyl groups is 2. The maximum Gasteiger partial charge on any atom is 0.339 e. The molecule has 3 N–H and O–H groups in total. The molecule has 2 aliphatic carbocycles. The van der Waals surface area contributed by atoms with Crippen molar-refractivity contribution < 1.29 is 44.0 Å². The van der Waals surface area contributed by atoms with E-state index in [2.05, 4.69) is 0 Å². The molecule has 9 rings (SSSR count). The lowest BCUT2D eigenvalue weighted by atomic mass is 9.51. The Kier molecular flexibility index (Phi) is 8.20. The minimum Gasteiger partial charge on any atom is -0.508 e. The van der Waals surface area contributed by atoms with Crippen molar-refractivity contribution in [2.45, 2.75) is 32.6 Å². The smallest absolute Gasteiger partial charge is 0.339 e. The number of allylic oxidation sites excluding steroid dienone is 2. The van der Waals surface area contributed by atoms with Gasteiger partial charge < -0.3 is 20.1 Å². The number of methoxy groups -OCH3 is 1. The lowest BCUT2D eigenvalue weighted by molar-refractivity contribution is -0.131. The molecule has 4 amide bonds. The van der Waals surface area contributed by atoms with Gasteiger partial charge in [0.1, 0.15) is 34.3 Å². The molecule has 0 radical (unpaired) electrons. The molecule has 0 bridgehead atoms. The quantitative estimate of drug-likeness (QED) is 0.122. The predicted octanol–water partition coefficient (Wildman–Crippen LogP) is 6.82. The second-order valence-electron chi connectivity index (χ2n) is 15.3. The van der Waals surface area contributed by atoms with Gasteiger partial charge in [-0.3, -0.25) is 23.9 Å². The van der Waals surface area contributed by atoms with Crippen molar-refractivity contribution in [3.8, 4) is 27.8 Å². The van der Waals surface area contributed by atoms with Gasteiger partial charge in [-0.1, -0.05) is 29.3 Å². The fourth-order valence-electron chi connectivity index (χ4n) is 9.85. The first-order valence-electron chi connectivity index (χ1n) is 18.3. The van der Waals surface area contributed by atoms with E-state index in [4.69, 9.17) is 21.4 Å². The minimum atomic E-state index is -1.48. The number of aromatic nitrogens is 2. The number of hydrogen-bond donors (Lipinski definition) is 3. The molecule has 4 heterocycles. The standard InChI is InChI=1S/C42H35ClN4O9S/c1-18-24-14-19(43)8-13-31(24)57-36(18)27-17-32(45(3)44-27)47-38(51)26-16-25-21(35(42(26,2)41(47)55)34-28(48)6-5-7-30(34)56-4)11-12-23-33(25)39(52)46(37(23)50)20-9-10-22(40(53)54)29(49)15-20/h5-11,13-15,17,23,25-26,33,35,48-49H,12,16H2,1-4H3,(H,53,54).